The summed E-state index contributed by atoms with van der Waals surface area (Å²) >= 11 is 0. The van der Waals surface area contributed by atoms with E-state index in [0.29, 0.717) is 10.9 Å². The second kappa shape index (κ2) is 6.20. The van der Waals surface area contributed by atoms with Crippen LogP contribution >= 0.6 is 0 Å². The van der Waals surface area contributed by atoms with Gasteiger partial charge in [-0.3, -0.25) is 9.59 Å². The first-order valence-corrected chi connectivity index (χ1v) is 7.25. The van der Waals surface area contributed by atoms with E-state index in [-0.39, 0.29) is 22.4 Å². The van der Waals surface area contributed by atoms with E-state index >= 15 is 0 Å². The van der Waals surface area contributed by atoms with Gasteiger partial charge in [0, 0.05) is 11.6 Å². The zero-order chi connectivity index (χ0) is 18.1. The van der Waals surface area contributed by atoms with Gasteiger partial charge in [0.2, 0.25) is 5.91 Å². The Morgan fingerprint density at radius 2 is 1.92 bits per heavy atom. The van der Waals surface area contributed by atoms with Crippen molar-refractivity contribution < 1.29 is 18.4 Å². The largest absolute Gasteiger partial charge is 0.366 e. The van der Waals surface area contributed by atoms with E-state index in [9.17, 15) is 18.4 Å². The maximum Gasteiger partial charge on any atom is 0.250 e. The number of hydrogen-bond acceptors (Lipinski definition) is 2. The van der Waals surface area contributed by atoms with Gasteiger partial charge >= 0.3 is 0 Å². The lowest BCUT2D eigenvalue weighted by atomic mass is 9.97. The third kappa shape index (κ3) is 2.76. The molecule has 2 amide bonds. The van der Waals surface area contributed by atoms with Gasteiger partial charge in [-0.1, -0.05) is 12.6 Å². The van der Waals surface area contributed by atoms with Gasteiger partial charge in [-0.15, -0.1) is 0 Å². The fourth-order valence-electron chi connectivity index (χ4n) is 2.66. The van der Waals surface area contributed by atoms with Crippen LogP contribution in [-0.2, 0) is 4.79 Å². The number of fused-ring (bicyclic) bond motifs is 1. The summed E-state index contributed by atoms with van der Waals surface area (Å²) in [5.41, 5.74) is 5.64. The summed E-state index contributed by atoms with van der Waals surface area (Å²) in [7, 11) is 0. The zero-order valence-corrected chi connectivity index (χ0v) is 12.9. The summed E-state index contributed by atoms with van der Waals surface area (Å²) in [6, 6.07) is 6.57. The number of carbonyl (C=O) groups is 2. The lowest BCUT2D eigenvalue weighted by molar-refractivity contribution is -0.111. The maximum atomic E-state index is 14.8. The fourth-order valence-corrected chi connectivity index (χ4v) is 2.66. The number of rotatable bonds is 4. The number of halogens is 2. The summed E-state index contributed by atoms with van der Waals surface area (Å²) < 4.78 is 29.2. The lowest BCUT2D eigenvalue weighted by Gasteiger charge is -2.12. The Balaban J connectivity index is 2.25. The molecule has 126 valence electrons. The Labute approximate surface area is 141 Å². The van der Waals surface area contributed by atoms with Crippen LogP contribution in [0.1, 0.15) is 10.4 Å². The van der Waals surface area contributed by atoms with Gasteiger partial charge < -0.3 is 16.0 Å². The number of nitrogens with one attached hydrogen (secondary N) is 2. The van der Waals surface area contributed by atoms with Gasteiger partial charge in [0.1, 0.15) is 5.82 Å². The van der Waals surface area contributed by atoms with Gasteiger partial charge in [0.25, 0.3) is 5.91 Å². The molecule has 0 atom stereocenters. The Morgan fingerprint density at radius 1 is 1.16 bits per heavy atom. The average molecular weight is 341 g/mol. The van der Waals surface area contributed by atoms with Crippen LogP contribution in [0.25, 0.3) is 22.0 Å². The molecule has 2 aromatic carbocycles. The van der Waals surface area contributed by atoms with Gasteiger partial charge in [0.15, 0.2) is 5.82 Å². The van der Waals surface area contributed by atoms with Crippen molar-refractivity contribution in [3.63, 3.8) is 0 Å². The van der Waals surface area contributed by atoms with Crippen molar-refractivity contribution >= 4 is 28.4 Å². The third-order valence-electron chi connectivity index (χ3n) is 3.79. The first-order valence-electron chi connectivity index (χ1n) is 7.25. The van der Waals surface area contributed by atoms with Crippen molar-refractivity contribution in [2.75, 3.05) is 5.32 Å². The first kappa shape index (κ1) is 16.4. The van der Waals surface area contributed by atoms with E-state index in [4.69, 9.17) is 5.73 Å². The number of aromatic amines is 1. The summed E-state index contributed by atoms with van der Waals surface area (Å²) in [6.07, 6.45) is 2.52. The fraction of sp³-hybridized carbons (Fsp3) is 0. The molecule has 25 heavy (non-hydrogen) atoms. The van der Waals surface area contributed by atoms with E-state index in [2.05, 4.69) is 16.9 Å². The smallest absolute Gasteiger partial charge is 0.250 e. The summed E-state index contributed by atoms with van der Waals surface area (Å²) in [4.78, 5) is 25.8. The predicted molar refractivity (Wildman–Crippen MR) is 91.0 cm³/mol. The minimum Gasteiger partial charge on any atom is -0.366 e. The van der Waals surface area contributed by atoms with Crippen LogP contribution < -0.4 is 11.1 Å². The molecule has 0 aliphatic rings. The molecule has 0 aliphatic heterocycles. The number of H-pyrrole nitrogens is 1. The highest BCUT2D eigenvalue weighted by atomic mass is 19.1. The normalized spacial score (nSPS) is 10.6. The molecule has 7 heteroatoms. The number of hydrogen-bond donors (Lipinski definition) is 3. The molecule has 0 fully saturated rings. The summed E-state index contributed by atoms with van der Waals surface area (Å²) in [5.74, 6) is -3.01. The molecule has 1 aromatic heterocycles. The lowest BCUT2D eigenvalue weighted by Crippen LogP contribution is -2.12. The Bertz CT molecular complexity index is 1020. The average Bonchev–Trinajstić information content (AvgIpc) is 3.07. The molecule has 3 aromatic rings. The standard InChI is InChI=1S/C18H13F2N3O2/c1-2-14(24)23-13-6-5-12(19)15(16(13)20)9-3-4-11(18(21)25)17-10(9)7-8-22-17/h2-8,22H,1H2,(H2,21,25)(H,23,24). The van der Waals surface area contributed by atoms with Crippen molar-refractivity contribution in [3.05, 3.63) is 66.4 Å². The second-order valence-electron chi connectivity index (χ2n) is 5.27. The second-order valence-corrected chi connectivity index (χ2v) is 5.27. The molecule has 3 rings (SSSR count). The van der Waals surface area contributed by atoms with E-state index in [1.165, 1.54) is 12.1 Å². The number of amides is 2. The van der Waals surface area contributed by atoms with Crippen molar-refractivity contribution in [2.45, 2.75) is 0 Å². The molecule has 0 saturated carbocycles. The van der Waals surface area contributed by atoms with Crippen LogP contribution in [0.3, 0.4) is 0 Å². The zero-order valence-electron chi connectivity index (χ0n) is 12.9. The highest BCUT2D eigenvalue weighted by Gasteiger charge is 2.20. The number of nitrogens with two attached hydrogens (primary N) is 1. The first-order chi connectivity index (χ1) is 11.9. The Kier molecular flexibility index (Phi) is 4.06. The molecule has 0 aliphatic carbocycles. The molecule has 0 bridgehead atoms. The van der Waals surface area contributed by atoms with E-state index in [1.807, 2.05) is 0 Å². The van der Waals surface area contributed by atoms with Crippen molar-refractivity contribution in [2.24, 2.45) is 5.73 Å². The van der Waals surface area contributed by atoms with Crippen LogP contribution in [0.5, 0.6) is 0 Å². The minimum absolute atomic E-state index is 0.177. The van der Waals surface area contributed by atoms with Crippen molar-refractivity contribution in [3.8, 4) is 11.1 Å². The van der Waals surface area contributed by atoms with Crippen LogP contribution in [0.2, 0.25) is 0 Å². The molecular weight excluding hydrogens is 328 g/mol. The van der Waals surface area contributed by atoms with Crippen LogP contribution in [0.4, 0.5) is 14.5 Å². The summed E-state index contributed by atoms with van der Waals surface area (Å²) in [5, 5.41) is 2.72. The molecular formula is C18H13F2N3O2. The van der Waals surface area contributed by atoms with Gasteiger partial charge in [0.05, 0.1) is 22.3 Å². The number of carbonyl (C=O) groups excluding carboxylic acids is 2. The van der Waals surface area contributed by atoms with E-state index < -0.39 is 23.4 Å². The van der Waals surface area contributed by atoms with Crippen LogP contribution in [0.15, 0.2) is 49.2 Å². The molecule has 1 heterocycles. The Morgan fingerprint density at radius 3 is 2.60 bits per heavy atom. The number of primary amides is 1. The van der Waals surface area contributed by atoms with Crippen LogP contribution in [-0.4, -0.2) is 16.8 Å². The molecule has 4 N–H and O–H groups in total. The highest BCUT2D eigenvalue weighted by Crippen LogP contribution is 2.36. The van der Waals surface area contributed by atoms with E-state index in [1.54, 1.807) is 12.3 Å². The monoisotopic (exact) mass is 341 g/mol. The SMILES string of the molecule is C=CC(=O)Nc1ccc(F)c(-c2ccc(C(N)=O)c3[nH]ccc23)c1F. The van der Waals surface area contributed by atoms with Gasteiger partial charge in [-0.25, -0.2) is 8.78 Å². The number of anilines is 1. The maximum absolute atomic E-state index is 14.8. The number of benzene rings is 2. The number of aromatic nitrogens is 1. The minimum atomic E-state index is -0.926. The highest BCUT2D eigenvalue weighted by molar-refractivity contribution is 6.09. The van der Waals surface area contributed by atoms with E-state index in [0.717, 1.165) is 18.2 Å². The summed E-state index contributed by atoms with van der Waals surface area (Å²) in [6.45, 7) is 3.29. The topological polar surface area (TPSA) is 88.0 Å². The third-order valence-corrected chi connectivity index (χ3v) is 3.79. The molecule has 0 radical (unpaired) electrons. The molecule has 0 unspecified atom stereocenters. The molecule has 0 saturated heterocycles. The van der Waals surface area contributed by atoms with Gasteiger partial charge in [-0.2, -0.15) is 0 Å². The van der Waals surface area contributed by atoms with Crippen LogP contribution in [0, 0.1) is 11.6 Å². The predicted octanol–water partition coefficient (Wildman–Crippen LogP) is 3.34. The quantitative estimate of drug-likeness (QED) is 0.636. The van der Waals surface area contributed by atoms with Crippen molar-refractivity contribution in [1.29, 1.82) is 0 Å². The van der Waals surface area contributed by atoms with Gasteiger partial charge in [-0.05, 0) is 35.9 Å². The van der Waals surface area contributed by atoms with Crippen molar-refractivity contribution in [1.82, 2.24) is 4.98 Å². The molecule has 5 nitrogen and oxygen atoms in total. The Hall–Kier alpha value is -3.48. The molecule has 0 spiro atoms.